The van der Waals surface area contributed by atoms with E-state index in [-0.39, 0.29) is 59.7 Å². The number of benzene rings is 3. The fourth-order valence-electron chi connectivity index (χ4n) is 5.99. The van der Waals surface area contributed by atoms with Crippen LogP contribution in [0.25, 0.3) is 33.4 Å². The van der Waals surface area contributed by atoms with Gasteiger partial charge in [-0.15, -0.1) is 0 Å². The normalized spacial score (nSPS) is 14.9. The molecule has 0 saturated heterocycles. The average Bonchev–Trinajstić information content (AvgIpc) is 3.62. The quantitative estimate of drug-likeness (QED) is 0.148. The van der Waals surface area contributed by atoms with Crippen LogP contribution in [-0.2, 0) is 10.0 Å². The zero-order chi connectivity index (χ0) is 32.7. The number of halogens is 4. The van der Waals surface area contributed by atoms with Gasteiger partial charge in [-0.25, -0.2) is 12.8 Å². The van der Waals surface area contributed by atoms with Crippen LogP contribution in [0.4, 0.5) is 23.2 Å². The van der Waals surface area contributed by atoms with Crippen molar-refractivity contribution >= 4 is 38.4 Å². The molecule has 0 unspecified atom stereocenters. The Labute approximate surface area is 258 Å². The van der Waals surface area contributed by atoms with Crippen LogP contribution < -0.4 is 9.62 Å². The maximum Gasteiger partial charge on any atom is 0.411 e. The van der Waals surface area contributed by atoms with E-state index in [9.17, 15) is 35.6 Å². The number of carbonyl (C=O) groups is 2. The smallest absolute Gasteiger partial charge is 0.411 e. The monoisotopic (exact) mass is 644 g/mol. The maximum absolute atomic E-state index is 14.0. The van der Waals surface area contributed by atoms with Crippen LogP contribution >= 0.6 is 0 Å². The SMILES string of the molecule is CCC(=O)c1c(-c2ccc(F)cc2)oc2cc(N(CC)S(C)(=O)=O)c(-c3cccc(C(=O)NC4(C(F)(F)F)CCCC4)c3)cc12. The lowest BCUT2D eigenvalue weighted by atomic mass is 9.94. The first kappa shape index (κ1) is 32.2. The van der Waals surface area contributed by atoms with Gasteiger partial charge in [0.2, 0.25) is 10.0 Å². The van der Waals surface area contributed by atoms with Crippen LogP contribution in [0.2, 0.25) is 0 Å². The van der Waals surface area contributed by atoms with Crippen molar-refractivity contribution in [2.45, 2.75) is 57.7 Å². The third kappa shape index (κ3) is 6.07. The number of alkyl halides is 3. The summed E-state index contributed by atoms with van der Waals surface area (Å²) in [5.41, 5.74) is -0.662. The van der Waals surface area contributed by atoms with Gasteiger partial charge in [0, 0.05) is 41.1 Å². The first-order valence-corrected chi connectivity index (χ1v) is 16.4. The number of Topliss-reactive ketones (excluding diaryl/α,β-unsaturated/α-hetero) is 1. The highest BCUT2D eigenvalue weighted by atomic mass is 32.2. The van der Waals surface area contributed by atoms with Gasteiger partial charge in [0.1, 0.15) is 22.7 Å². The standard InChI is InChI=1S/C33H32F4N2O5S/c1-4-27(40)29-25-18-24(21-9-8-10-22(17-21)31(41)38-32(33(35,36)37)15-6-7-16-32)26(39(5-2)45(3,42)43)19-28(25)44-30(29)20-11-13-23(34)14-12-20/h8-14,17-19H,4-7,15-16H2,1-3H3,(H,38,41). The van der Waals surface area contributed by atoms with E-state index in [4.69, 9.17) is 4.42 Å². The molecule has 1 fully saturated rings. The molecule has 0 aliphatic heterocycles. The van der Waals surface area contributed by atoms with E-state index in [1.54, 1.807) is 26.0 Å². The van der Waals surface area contributed by atoms with Gasteiger partial charge in [0.05, 0.1) is 17.5 Å². The number of amides is 1. The zero-order valence-corrected chi connectivity index (χ0v) is 25.7. The molecule has 1 N–H and O–H groups in total. The van der Waals surface area contributed by atoms with Crippen molar-refractivity contribution in [1.29, 1.82) is 0 Å². The number of nitrogens with one attached hydrogen (secondary N) is 1. The number of nitrogens with zero attached hydrogens (tertiary/aromatic N) is 1. The summed E-state index contributed by atoms with van der Waals surface area (Å²) in [5.74, 6) is -1.47. The van der Waals surface area contributed by atoms with E-state index in [0.717, 1.165) is 10.6 Å². The Morgan fingerprint density at radius 2 is 1.64 bits per heavy atom. The molecule has 0 radical (unpaired) electrons. The highest BCUT2D eigenvalue weighted by Gasteiger charge is 2.56. The number of rotatable bonds is 9. The summed E-state index contributed by atoms with van der Waals surface area (Å²) in [4.78, 5) is 26.5. The number of furan rings is 1. The second kappa shape index (κ2) is 12.0. The first-order chi connectivity index (χ1) is 21.2. The van der Waals surface area contributed by atoms with Gasteiger partial charge in [0.15, 0.2) is 5.78 Å². The van der Waals surface area contributed by atoms with Crippen LogP contribution in [0.5, 0.6) is 0 Å². The van der Waals surface area contributed by atoms with Crippen molar-refractivity contribution in [2.75, 3.05) is 17.1 Å². The minimum Gasteiger partial charge on any atom is -0.455 e. The molecule has 1 aliphatic carbocycles. The number of ketones is 1. The zero-order valence-electron chi connectivity index (χ0n) is 24.9. The van der Waals surface area contributed by atoms with Crippen molar-refractivity contribution in [1.82, 2.24) is 5.32 Å². The van der Waals surface area contributed by atoms with Gasteiger partial charge in [-0.1, -0.05) is 31.9 Å². The van der Waals surface area contributed by atoms with Crippen LogP contribution in [-0.4, -0.2) is 44.6 Å². The van der Waals surface area contributed by atoms with Crippen molar-refractivity contribution < 1.29 is 40.0 Å². The molecular formula is C33H32F4N2O5S. The maximum atomic E-state index is 14.0. The lowest BCUT2D eigenvalue weighted by Crippen LogP contribution is -2.56. The largest absolute Gasteiger partial charge is 0.455 e. The van der Waals surface area contributed by atoms with Gasteiger partial charge >= 0.3 is 6.18 Å². The molecule has 0 spiro atoms. The number of fused-ring (bicyclic) bond motifs is 1. The van der Waals surface area contributed by atoms with Crippen molar-refractivity contribution in [3.8, 4) is 22.5 Å². The van der Waals surface area contributed by atoms with Gasteiger partial charge < -0.3 is 9.73 Å². The number of anilines is 1. The Hall–Kier alpha value is -4.19. The van der Waals surface area contributed by atoms with Crippen LogP contribution in [0.1, 0.15) is 66.7 Å². The molecular weight excluding hydrogens is 612 g/mol. The summed E-state index contributed by atoms with van der Waals surface area (Å²) in [6.45, 7) is 3.33. The number of carbonyl (C=O) groups excluding carboxylic acids is 2. The van der Waals surface area contributed by atoms with E-state index in [2.05, 4.69) is 5.32 Å². The third-order valence-electron chi connectivity index (χ3n) is 8.26. The van der Waals surface area contributed by atoms with Gasteiger partial charge in [-0.2, -0.15) is 13.2 Å². The third-order valence-corrected chi connectivity index (χ3v) is 9.51. The van der Waals surface area contributed by atoms with E-state index >= 15 is 0 Å². The molecule has 12 heteroatoms. The minimum atomic E-state index is -4.63. The van der Waals surface area contributed by atoms with E-state index in [1.165, 1.54) is 48.5 Å². The van der Waals surface area contributed by atoms with Crippen LogP contribution in [0, 0.1) is 5.82 Å². The Bertz CT molecular complexity index is 1880. The molecule has 3 aromatic carbocycles. The van der Waals surface area contributed by atoms with Gasteiger partial charge in [-0.05, 0) is 67.8 Å². The lowest BCUT2D eigenvalue weighted by Gasteiger charge is -2.32. The van der Waals surface area contributed by atoms with Gasteiger partial charge in [-0.3, -0.25) is 13.9 Å². The molecule has 1 aromatic heterocycles. The summed E-state index contributed by atoms with van der Waals surface area (Å²) >= 11 is 0. The van der Waals surface area contributed by atoms with E-state index < -0.39 is 33.5 Å². The number of hydrogen-bond donors (Lipinski definition) is 1. The van der Waals surface area contributed by atoms with Gasteiger partial charge in [0.25, 0.3) is 5.91 Å². The predicted molar refractivity (Wildman–Crippen MR) is 164 cm³/mol. The number of sulfonamides is 1. The molecule has 45 heavy (non-hydrogen) atoms. The second-order valence-corrected chi connectivity index (χ2v) is 13.1. The summed E-state index contributed by atoms with van der Waals surface area (Å²) < 4.78 is 88.8. The Morgan fingerprint density at radius 3 is 2.22 bits per heavy atom. The topological polar surface area (TPSA) is 96.7 Å². The Kier molecular flexibility index (Phi) is 8.56. The number of hydrogen-bond acceptors (Lipinski definition) is 5. The Balaban J connectivity index is 1.71. The predicted octanol–water partition coefficient (Wildman–Crippen LogP) is 7.89. The summed E-state index contributed by atoms with van der Waals surface area (Å²) in [6.07, 6.45) is -3.24. The summed E-state index contributed by atoms with van der Waals surface area (Å²) in [7, 11) is -3.84. The first-order valence-electron chi connectivity index (χ1n) is 14.6. The van der Waals surface area contributed by atoms with Crippen LogP contribution in [0.3, 0.4) is 0 Å². The van der Waals surface area contributed by atoms with E-state index in [0.29, 0.717) is 34.9 Å². The molecule has 0 atom stereocenters. The lowest BCUT2D eigenvalue weighted by molar-refractivity contribution is -0.191. The molecule has 0 bridgehead atoms. The molecule has 5 rings (SSSR count). The molecule has 4 aromatic rings. The molecule has 1 saturated carbocycles. The fourth-order valence-corrected chi connectivity index (χ4v) is 6.96. The van der Waals surface area contributed by atoms with Crippen LogP contribution in [0.15, 0.2) is 65.1 Å². The Morgan fingerprint density at radius 1 is 0.978 bits per heavy atom. The van der Waals surface area contributed by atoms with Crippen molar-refractivity contribution in [2.24, 2.45) is 0 Å². The summed E-state index contributed by atoms with van der Waals surface area (Å²) in [6, 6.07) is 14.4. The molecule has 238 valence electrons. The van der Waals surface area contributed by atoms with Crippen molar-refractivity contribution in [3.05, 3.63) is 77.6 Å². The molecule has 1 heterocycles. The molecule has 1 amide bonds. The fraction of sp³-hybridized carbons (Fsp3) is 0.333. The van der Waals surface area contributed by atoms with Crippen molar-refractivity contribution in [3.63, 3.8) is 0 Å². The molecule has 1 aliphatic rings. The minimum absolute atomic E-state index is 0.0257. The average molecular weight is 645 g/mol. The molecule has 7 nitrogen and oxygen atoms in total. The highest BCUT2D eigenvalue weighted by Crippen LogP contribution is 2.44. The highest BCUT2D eigenvalue weighted by molar-refractivity contribution is 7.92. The summed E-state index contributed by atoms with van der Waals surface area (Å²) in [5, 5.41) is 2.59. The second-order valence-electron chi connectivity index (χ2n) is 11.2. The van der Waals surface area contributed by atoms with E-state index in [1.807, 2.05) is 0 Å².